The van der Waals surface area contributed by atoms with E-state index in [2.05, 4.69) is 0 Å². The first-order valence-electron chi connectivity index (χ1n) is 6.36. The van der Waals surface area contributed by atoms with Crippen LogP contribution in [0.3, 0.4) is 0 Å². The third kappa shape index (κ3) is 3.54. The summed E-state index contributed by atoms with van der Waals surface area (Å²) in [5.41, 5.74) is 1.85. The molecule has 5 nitrogen and oxygen atoms in total. The maximum absolute atomic E-state index is 12.1. The van der Waals surface area contributed by atoms with Crippen LogP contribution in [-0.4, -0.2) is 59.5 Å². The van der Waals surface area contributed by atoms with Gasteiger partial charge in [0.2, 0.25) is 0 Å². The van der Waals surface area contributed by atoms with Crippen LogP contribution in [0.2, 0.25) is 0 Å². The fourth-order valence-electron chi connectivity index (χ4n) is 2.13. The van der Waals surface area contributed by atoms with E-state index in [0.29, 0.717) is 38.3 Å². The Hall–Kier alpha value is -1.88. The Labute approximate surface area is 112 Å². The van der Waals surface area contributed by atoms with Crippen LogP contribution in [0.1, 0.15) is 15.9 Å². The summed E-state index contributed by atoms with van der Waals surface area (Å²) in [5.74, 6) is 0.0868. The van der Waals surface area contributed by atoms with Gasteiger partial charge < -0.3 is 10.0 Å². The van der Waals surface area contributed by atoms with Crippen molar-refractivity contribution in [2.24, 2.45) is 0 Å². The molecular weight excluding hydrogens is 244 g/mol. The Balaban J connectivity index is 1.87. The lowest BCUT2D eigenvalue weighted by atomic mass is 10.1. The number of rotatable bonds is 3. The summed E-state index contributed by atoms with van der Waals surface area (Å²) in [7, 11) is 0. The fourth-order valence-corrected chi connectivity index (χ4v) is 2.13. The minimum Gasteiger partial charge on any atom is -0.465 e. The van der Waals surface area contributed by atoms with Crippen molar-refractivity contribution in [2.75, 3.05) is 32.7 Å². The molecule has 2 rings (SSSR count). The third-order valence-electron chi connectivity index (χ3n) is 3.38. The minimum atomic E-state index is -0.885. The molecule has 0 radical (unpaired) electrons. The van der Waals surface area contributed by atoms with Gasteiger partial charge in [-0.15, -0.1) is 0 Å². The molecular formula is C14H18N2O3. The molecule has 0 spiro atoms. The molecule has 1 N–H and O–H groups in total. The molecule has 102 valence electrons. The highest BCUT2D eigenvalue weighted by Gasteiger charge is 2.21. The smallest absolute Gasteiger partial charge is 0.407 e. The van der Waals surface area contributed by atoms with Crippen LogP contribution < -0.4 is 0 Å². The maximum Gasteiger partial charge on any atom is 0.407 e. The van der Waals surface area contributed by atoms with Gasteiger partial charge in [0.05, 0.1) is 6.54 Å². The Morgan fingerprint density at radius 3 is 2.21 bits per heavy atom. The molecule has 1 saturated heterocycles. The molecule has 0 unspecified atom stereocenters. The van der Waals surface area contributed by atoms with Gasteiger partial charge in [0.25, 0.3) is 0 Å². The van der Waals surface area contributed by atoms with Gasteiger partial charge in [0.1, 0.15) is 0 Å². The van der Waals surface area contributed by atoms with E-state index in [1.54, 1.807) is 0 Å². The number of piperazine rings is 1. The number of carbonyl (C=O) groups is 2. The standard InChI is InChI=1S/C14H18N2O3/c1-11-2-4-12(5-3-11)13(17)10-15-6-8-16(9-7-15)14(18)19/h2-5H,6-10H2,1H3,(H,18,19). The maximum atomic E-state index is 12.1. The van der Waals surface area contributed by atoms with E-state index in [9.17, 15) is 9.59 Å². The fraction of sp³-hybridized carbons (Fsp3) is 0.429. The van der Waals surface area contributed by atoms with Crippen molar-refractivity contribution < 1.29 is 14.7 Å². The molecule has 1 aromatic rings. The Bertz CT molecular complexity index is 462. The van der Waals surface area contributed by atoms with Crippen molar-refractivity contribution in [3.63, 3.8) is 0 Å². The van der Waals surface area contributed by atoms with E-state index in [4.69, 9.17) is 5.11 Å². The number of Topliss-reactive ketones (excluding diaryl/α,β-unsaturated/α-hetero) is 1. The number of hydrogen-bond donors (Lipinski definition) is 1. The van der Waals surface area contributed by atoms with Crippen molar-refractivity contribution in [3.8, 4) is 0 Å². The van der Waals surface area contributed by atoms with Gasteiger partial charge in [-0.05, 0) is 6.92 Å². The van der Waals surface area contributed by atoms with Gasteiger partial charge in [0, 0.05) is 31.7 Å². The van der Waals surface area contributed by atoms with Crippen LogP contribution in [0, 0.1) is 6.92 Å². The van der Waals surface area contributed by atoms with E-state index in [1.165, 1.54) is 4.90 Å². The molecule has 0 bridgehead atoms. The molecule has 1 aliphatic heterocycles. The lowest BCUT2D eigenvalue weighted by Crippen LogP contribution is -2.49. The molecule has 5 heteroatoms. The zero-order chi connectivity index (χ0) is 13.8. The molecule has 1 aromatic carbocycles. The van der Waals surface area contributed by atoms with E-state index in [-0.39, 0.29) is 5.78 Å². The second-order valence-corrected chi connectivity index (χ2v) is 4.83. The van der Waals surface area contributed by atoms with E-state index < -0.39 is 6.09 Å². The molecule has 0 saturated carbocycles. The van der Waals surface area contributed by atoms with Gasteiger partial charge in [-0.3, -0.25) is 9.69 Å². The average Bonchev–Trinajstić information content (AvgIpc) is 2.40. The topological polar surface area (TPSA) is 60.9 Å². The zero-order valence-corrected chi connectivity index (χ0v) is 11.0. The van der Waals surface area contributed by atoms with Crippen LogP contribution in [0.5, 0.6) is 0 Å². The molecule has 1 aliphatic rings. The lowest BCUT2D eigenvalue weighted by molar-refractivity contribution is 0.0835. The predicted octanol–water partition coefficient (Wildman–Crippen LogP) is 1.47. The number of hydrogen-bond acceptors (Lipinski definition) is 3. The second kappa shape index (κ2) is 5.84. The van der Waals surface area contributed by atoms with Crippen LogP contribution in [0.4, 0.5) is 4.79 Å². The first kappa shape index (κ1) is 13.5. The van der Waals surface area contributed by atoms with Crippen LogP contribution in [0.15, 0.2) is 24.3 Å². The van der Waals surface area contributed by atoms with Gasteiger partial charge in [-0.25, -0.2) is 4.79 Å². The number of carbonyl (C=O) groups excluding carboxylic acids is 1. The quantitative estimate of drug-likeness (QED) is 0.838. The summed E-state index contributed by atoms with van der Waals surface area (Å²) in [4.78, 5) is 26.2. The van der Waals surface area contributed by atoms with Crippen LogP contribution in [-0.2, 0) is 0 Å². The highest BCUT2D eigenvalue weighted by atomic mass is 16.4. The average molecular weight is 262 g/mol. The third-order valence-corrected chi connectivity index (χ3v) is 3.38. The van der Waals surface area contributed by atoms with Gasteiger partial charge in [-0.1, -0.05) is 29.8 Å². The van der Waals surface area contributed by atoms with Gasteiger partial charge in [-0.2, -0.15) is 0 Å². The predicted molar refractivity (Wildman–Crippen MR) is 71.5 cm³/mol. The van der Waals surface area contributed by atoms with Crippen LogP contribution >= 0.6 is 0 Å². The summed E-state index contributed by atoms with van der Waals surface area (Å²) in [6.45, 7) is 4.51. The largest absolute Gasteiger partial charge is 0.465 e. The first-order valence-corrected chi connectivity index (χ1v) is 6.36. The van der Waals surface area contributed by atoms with E-state index >= 15 is 0 Å². The SMILES string of the molecule is Cc1ccc(C(=O)CN2CCN(C(=O)O)CC2)cc1. The Morgan fingerprint density at radius 1 is 1.11 bits per heavy atom. The molecule has 0 atom stereocenters. The molecule has 1 heterocycles. The minimum absolute atomic E-state index is 0.0868. The van der Waals surface area contributed by atoms with E-state index in [0.717, 1.165) is 5.56 Å². The van der Waals surface area contributed by atoms with Crippen molar-refractivity contribution in [1.29, 1.82) is 0 Å². The van der Waals surface area contributed by atoms with Crippen molar-refractivity contribution in [3.05, 3.63) is 35.4 Å². The molecule has 1 fully saturated rings. The summed E-state index contributed by atoms with van der Waals surface area (Å²) in [6, 6.07) is 7.53. The highest BCUT2D eigenvalue weighted by Crippen LogP contribution is 2.07. The summed E-state index contributed by atoms with van der Waals surface area (Å²) in [5, 5.41) is 8.85. The normalized spacial score (nSPS) is 16.4. The molecule has 0 aliphatic carbocycles. The summed E-state index contributed by atoms with van der Waals surface area (Å²) >= 11 is 0. The molecule has 19 heavy (non-hydrogen) atoms. The molecule has 1 amide bonds. The van der Waals surface area contributed by atoms with Crippen molar-refractivity contribution in [2.45, 2.75) is 6.92 Å². The lowest BCUT2D eigenvalue weighted by Gasteiger charge is -2.32. The number of benzene rings is 1. The van der Waals surface area contributed by atoms with Gasteiger partial charge >= 0.3 is 6.09 Å². The number of aryl methyl sites for hydroxylation is 1. The zero-order valence-electron chi connectivity index (χ0n) is 11.0. The number of carboxylic acid groups (broad SMARTS) is 1. The van der Waals surface area contributed by atoms with Crippen molar-refractivity contribution in [1.82, 2.24) is 9.80 Å². The Kier molecular flexibility index (Phi) is 4.16. The van der Waals surface area contributed by atoms with Crippen molar-refractivity contribution >= 4 is 11.9 Å². The summed E-state index contributed by atoms with van der Waals surface area (Å²) < 4.78 is 0. The first-order chi connectivity index (χ1) is 9.06. The highest BCUT2D eigenvalue weighted by molar-refractivity contribution is 5.97. The monoisotopic (exact) mass is 262 g/mol. The Morgan fingerprint density at radius 2 is 1.68 bits per heavy atom. The number of nitrogens with zero attached hydrogens (tertiary/aromatic N) is 2. The van der Waals surface area contributed by atoms with Gasteiger partial charge in [0.15, 0.2) is 5.78 Å². The van der Waals surface area contributed by atoms with Crippen LogP contribution in [0.25, 0.3) is 0 Å². The number of amides is 1. The molecule has 0 aromatic heterocycles. The van der Waals surface area contributed by atoms with E-state index in [1.807, 2.05) is 36.1 Å². The summed E-state index contributed by atoms with van der Waals surface area (Å²) in [6.07, 6.45) is -0.885. The second-order valence-electron chi connectivity index (χ2n) is 4.83. The number of ketones is 1.